The van der Waals surface area contributed by atoms with Gasteiger partial charge in [-0.2, -0.15) is 10.1 Å². The third-order valence-corrected chi connectivity index (χ3v) is 5.49. The first-order valence-electron chi connectivity index (χ1n) is 7.66. The highest BCUT2D eigenvalue weighted by atomic mass is 32.2. The van der Waals surface area contributed by atoms with Crippen molar-refractivity contribution in [2.45, 2.75) is 26.7 Å². The maximum absolute atomic E-state index is 12.1. The summed E-state index contributed by atoms with van der Waals surface area (Å²) in [7, 11) is 0. The molecule has 8 heteroatoms. The first kappa shape index (κ1) is 17.0. The zero-order valence-corrected chi connectivity index (χ0v) is 15.2. The average Bonchev–Trinajstić information content (AvgIpc) is 2.77. The topological polar surface area (TPSA) is 74.1 Å². The minimum atomic E-state index is -0.103. The number of amidine groups is 1. The molecule has 24 heavy (non-hydrogen) atoms. The number of nitrogens with one attached hydrogen (secondary N) is 1. The van der Waals surface area contributed by atoms with Crippen LogP contribution in [0.5, 0.6) is 0 Å². The molecule has 0 bridgehead atoms. The van der Waals surface area contributed by atoms with Crippen molar-refractivity contribution in [3.05, 3.63) is 29.3 Å². The number of rotatable bonds is 3. The fourth-order valence-electron chi connectivity index (χ4n) is 2.49. The van der Waals surface area contributed by atoms with Gasteiger partial charge in [-0.05, 0) is 55.3 Å². The SMILES string of the molecule is Cc1cc(C)cc(NC(=O)CSC2=NN3CCCC(=O)N=C3S2)c1. The van der Waals surface area contributed by atoms with E-state index in [0.29, 0.717) is 18.1 Å². The molecule has 126 valence electrons. The number of hydrogen-bond donors (Lipinski definition) is 1. The zero-order chi connectivity index (χ0) is 17.1. The number of amides is 2. The molecule has 2 amide bonds. The number of anilines is 1. The number of aliphatic imine (C=N–C) groups is 1. The van der Waals surface area contributed by atoms with Gasteiger partial charge in [0.25, 0.3) is 0 Å². The lowest BCUT2D eigenvalue weighted by molar-refractivity contribution is -0.117. The lowest BCUT2D eigenvalue weighted by Crippen LogP contribution is -2.18. The van der Waals surface area contributed by atoms with E-state index in [4.69, 9.17) is 0 Å². The number of thioether (sulfide) groups is 2. The van der Waals surface area contributed by atoms with Crippen molar-refractivity contribution in [1.82, 2.24) is 5.01 Å². The van der Waals surface area contributed by atoms with Crippen LogP contribution in [0.2, 0.25) is 0 Å². The molecule has 0 aliphatic carbocycles. The number of carbonyl (C=O) groups excluding carboxylic acids is 2. The van der Waals surface area contributed by atoms with Crippen LogP contribution in [0.1, 0.15) is 24.0 Å². The van der Waals surface area contributed by atoms with Crippen molar-refractivity contribution < 1.29 is 9.59 Å². The van der Waals surface area contributed by atoms with Gasteiger partial charge >= 0.3 is 0 Å². The lowest BCUT2D eigenvalue weighted by atomic mass is 10.1. The molecule has 2 aliphatic rings. The van der Waals surface area contributed by atoms with Crippen LogP contribution in [0.15, 0.2) is 28.3 Å². The maximum atomic E-state index is 12.1. The van der Waals surface area contributed by atoms with Gasteiger partial charge < -0.3 is 5.32 Å². The van der Waals surface area contributed by atoms with Crippen molar-refractivity contribution >= 4 is 50.6 Å². The third kappa shape index (κ3) is 4.39. The molecule has 0 atom stereocenters. The normalized spacial score (nSPS) is 17.1. The summed E-state index contributed by atoms with van der Waals surface area (Å²) in [5.41, 5.74) is 3.04. The average molecular weight is 362 g/mol. The van der Waals surface area contributed by atoms with E-state index in [0.717, 1.165) is 27.6 Å². The second-order valence-electron chi connectivity index (χ2n) is 5.70. The Kier molecular flexibility index (Phi) is 5.25. The van der Waals surface area contributed by atoms with Gasteiger partial charge in [0.15, 0.2) is 9.54 Å². The Morgan fingerprint density at radius 2 is 2.08 bits per heavy atom. The molecule has 0 aromatic heterocycles. The molecule has 6 nitrogen and oxygen atoms in total. The third-order valence-electron chi connectivity index (χ3n) is 3.41. The van der Waals surface area contributed by atoms with E-state index in [1.165, 1.54) is 23.5 Å². The Morgan fingerprint density at radius 1 is 1.33 bits per heavy atom. The van der Waals surface area contributed by atoms with Crippen LogP contribution in [0.4, 0.5) is 5.69 Å². The Bertz CT molecular complexity index is 725. The van der Waals surface area contributed by atoms with Crippen molar-refractivity contribution in [2.24, 2.45) is 10.1 Å². The largest absolute Gasteiger partial charge is 0.325 e. The Morgan fingerprint density at radius 3 is 2.83 bits per heavy atom. The minimum absolute atomic E-state index is 0.0755. The zero-order valence-electron chi connectivity index (χ0n) is 13.5. The van der Waals surface area contributed by atoms with Gasteiger partial charge in [0.05, 0.1) is 5.75 Å². The molecular formula is C16H18N4O2S2. The van der Waals surface area contributed by atoms with Gasteiger partial charge in [0.2, 0.25) is 11.8 Å². The summed E-state index contributed by atoms with van der Waals surface area (Å²) >= 11 is 2.71. The van der Waals surface area contributed by atoms with E-state index in [-0.39, 0.29) is 17.6 Å². The standard InChI is InChI=1S/C16H18N4O2S2/c1-10-6-11(2)8-12(7-10)17-14(22)9-23-16-19-20-5-3-4-13(21)18-15(20)24-16/h6-8H,3-5,9H2,1-2H3,(H,17,22). The Balaban J connectivity index is 1.54. The van der Waals surface area contributed by atoms with Gasteiger partial charge in [-0.25, -0.2) is 5.01 Å². The molecule has 1 N–H and O–H groups in total. The first-order chi connectivity index (χ1) is 11.5. The van der Waals surface area contributed by atoms with Crippen LogP contribution < -0.4 is 5.32 Å². The van der Waals surface area contributed by atoms with Gasteiger partial charge in [-0.15, -0.1) is 0 Å². The quantitative estimate of drug-likeness (QED) is 0.895. The molecule has 0 radical (unpaired) electrons. The molecule has 0 saturated carbocycles. The molecule has 2 aliphatic heterocycles. The first-order valence-corrected chi connectivity index (χ1v) is 9.46. The van der Waals surface area contributed by atoms with Gasteiger partial charge in [-0.3, -0.25) is 9.59 Å². The number of fused-ring (bicyclic) bond motifs is 1. The van der Waals surface area contributed by atoms with E-state index in [2.05, 4.69) is 21.5 Å². The molecule has 1 aromatic carbocycles. The van der Waals surface area contributed by atoms with Crippen LogP contribution in [0, 0.1) is 13.8 Å². The number of aryl methyl sites for hydroxylation is 2. The van der Waals surface area contributed by atoms with Crippen LogP contribution in [0.3, 0.4) is 0 Å². The highest BCUT2D eigenvalue weighted by Crippen LogP contribution is 2.29. The van der Waals surface area contributed by atoms with E-state index < -0.39 is 0 Å². The van der Waals surface area contributed by atoms with Crippen molar-refractivity contribution in [3.63, 3.8) is 0 Å². The van der Waals surface area contributed by atoms with Gasteiger partial charge in [-0.1, -0.05) is 17.8 Å². The fraction of sp³-hybridized carbons (Fsp3) is 0.375. The smallest absolute Gasteiger partial charge is 0.248 e. The van der Waals surface area contributed by atoms with Crippen LogP contribution in [0.25, 0.3) is 0 Å². The number of hydrazone groups is 1. The molecule has 0 unspecified atom stereocenters. The Labute approximate surface area is 149 Å². The molecule has 0 fully saturated rings. The molecular weight excluding hydrogens is 344 g/mol. The summed E-state index contributed by atoms with van der Waals surface area (Å²) in [5.74, 6) is 0.0934. The van der Waals surface area contributed by atoms with E-state index >= 15 is 0 Å². The summed E-state index contributed by atoms with van der Waals surface area (Å²) in [6.07, 6.45) is 1.22. The second kappa shape index (κ2) is 7.40. The summed E-state index contributed by atoms with van der Waals surface area (Å²) < 4.78 is 0.749. The summed E-state index contributed by atoms with van der Waals surface area (Å²) in [5, 5.41) is 9.70. The number of hydrogen-bond acceptors (Lipinski definition) is 6. The Hall–Kier alpha value is -1.80. The van der Waals surface area contributed by atoms with Crippen LogP contribution >= 0.6 is 23.5 Å². The van der Waals surface area contributed by atoms with E-state index in [1.54, 1.807) is 5.01 Å². The van der Waals surface area contributed by atoms with E-state index in [9.17, 15) is 9.59 Å². The highest BCUT2D eigenvalue weighted by molar-refractivity contribution is 8.45. The van der Waals surface area contributed by atoms with Crippen LogP contribution in [-0.2, 0) is 9.59 Å². The molecule has 3 rings (SSSR count). The molecule has 1 aromatic rings. The highest BCUT2D eigenvalue weighted by Gasteiger charge is 2.27. The number of benzene rings is 1. The fourth-order valence-corrected chi connectivity index (χ4v) is 4.29. The molecule has 0 saturated heterocycles. The summed E-state index contributed by atoms with van der Waals surface area (Å²) in [6.45, 7) is 4.69. The van der Waals surface area contributed by atoms with E-state index in [1.807, 2.05) is 26.0 Å². The molecule has 2 heterocycles. The lowest BCUT2D eigenvalue weighted by Gasteiger charge is -2.08. The van der Waals surface area contributed by atoms with Gasteiger partial charge in [0, 0.05) is 18.7 Å². The maximum Gasteiger partial charge on any atom is 0.248 e. The molecule has 0 spiro atoms. The van der Waals surface area contributed by atoms with Crippen molar-refractivity contribution in [1.29, 1.82) is 0 Å². The summed E-state index contributed by atoms with van der Waals surface area (Å²) in [6, 6.07) is 5.96. The van der Waals surface area contributed by atoms with Crippen LogP contribution in [-0.4, -0.2) is 38.7 Å². The summed E-state index contributed by atoms with van der Waals surface area (Å²) in [4.78, 5) is 27.7. The van der Waals surface area contributed by atoms with Crippen molar-refractivity contribution in [3.8, 4) is 0 Å². The predicted molar refractivity (Wildman–Crippen MR) is 100 cm³/mol. The minimum Gasteiger partial charge on any atom is -0.325 e. The number of carbonyl (C=O) groups is 2. The van der Waals surface area contributed by atoms with Crippen molar-refractivity contribution in [2.75, 3.05) is 17.6 Å². The van der Waals surface area contributed by atoms with Gasteiger partial charge in [0.1, 0.15) is 0 Å². The monoisotopic (exact) mass is 362 g/mol. The predicted octanol–water partition coefficient (Wildman–Crippen LogP) is 2.97. The second-order valence-corrected chi connectivity index (χ2v) is 7.87. The number of nitrogens with zero attached hydrogens (tertiary/aromatic N) is 3.